The summed E-state index contributed by atoms with van der Waals surface area (Å²) >= 11 is 0. The Morgan fingerprint density at radius 1 is 0.781 bits per heavy atom. The number of fused-ring (bicyclic) bond motifs is 3. The first-order valence-corrected chi connectivity index (χ1v) is 11.4. The monoisotopic (exact) mass is 430 g/mol. The summed E-state index contributed by atoms with van der Waals surface area (Å²) < 4.78 is 14.3. The highest BCUT2D eigenvalue weighted by atomic mass is 18.2. The molecular formula is C28H34FN3. The van der Waals surface area contributed by atoms with Crippen molar-refractivity contribution >= 4 is 17.1 Å². The maximum Gasteiger partial charge on any atom is 0.123 e. The summed E-state index contributed by atoms with van der Waals surface area (Å²) in [5.41, 5.74) is 8.13. The molecule has 1 aliphatic rings. The molecule has 168 valence electrons. The lowest BCUT2D eigenvalue weighted by atomic mass is 9.84. The number of halogens is 1. The first-order valence-electron chi connectivity index (χ1n) is 11.4. The van der Waals surface area contributed by atoms with Gasteiger partial charge in [0.25, 0.3) is 0 Å². The Balaban J connectivity index is 1.93. The number of anilines is 3. The van der Waals surface area contributed by atoms with Crippen LogP contribution >= 0.6 is 0 Å². The van der Waals surface area contributed by atoms with Crippen molar-refractivity contribution in [3.05, 3.63) is 77.6 Å². The third-order valence-electron chi connectivity index (χ3n) is 6.90. The minimum absolute atomic E-state index is 0.0617. The number of benzene rings is 3. The van der Waals surface area contributed by atoms with Gasteiger partial charge in [0.1, 0.15) is 5.82 Å². The van der Waals surface area contributed by atoms with Crippen LogP contribution in [0.25, 0.3) is 11.1 Å². The van der Waals surface area contributed by atoms with Gasteiger partial charge in [0, 0.05) is 55.9 Å². The lowest BCUT2D eigenvalue weighted by molar-refractivity contribution is 0.622. The van der Waals surface area contributed by atoms with E-state index < -0.39 is 0 Å². The summed E-state index contributed by atoms with van der Waals surface area (Å²) in [5.74, 6) is -0.202. The van der Waals surface area contributed by atoms with Crippen molar-refractivity contribution in [3.8, 4) is 11.1 Å². The van der Waals surface area contributed by atoms with Gasteiger partial charge in [0.05, 0.1) is 6.04 Å². The average molecular weight is 431 g/mol. The zero-order valence-electron chi connectivity index (χ0n) is 20.2. The Morgan fingerprint density at radius 3 is 1.97 bits per heavy atom. The van der Waals surface area contributed by atoms with Gasteiger partial charge in [0.2, 0.25) is 0 Å². The topological polar surface area (TPSA) is 9.72 Å². The van der Waals surface area contributed by atoms with Gasteiger partial charge in [-0.15, -0.1) is 0 Å². The number of nitrogens with zero attached hydrogens (tertiary/aromatic N) is 3. The molecule has 1 atom stereocenters. The fraction of sp³-hybridized carbons (Fsp3) is 0.357. The molecule has 0 saturated carbocycles. The summed E-state index contributed by atoms with van der Waals surface area (Å²) in [7, 11) is 6.37. The molecule has 3 aromatic carbocycles. The van der Waals surface area contributed by atoms with E-state index in [9.17, 15) is 4.39 Å². The van der Waals surface area contributed by atoms with E-state index in [0.29, 0.717) is 12.1 Å². The van der Waals surface area contributed by atoms with Crippen molar-refractivity contribution in [2.45, 2.75) is 45.8 Å². The standard InChI is InChI=1S/C28H34FN3/c1-18(2)30(5)22-11-13-24-25-14-12-23(31(6)19(3)4)17-27(25)32(7)28(26(24)16-22)20-9-8-10-21(29)15-20/h8-19,28H,1-7H3/i29-1. The Kier molecular flexibility index (Phi) is 5.89. The molecule has 0 saturated heterocycles. The summed E-state index contributed by atoms with van der Waals surface area (Å²) in [4.78, 5) is 6.85. The quantitative estimate of drug-likeness (QED) is 0.445. The molecule has 4 heteroatoms. The highest BCUT2D eigenvalue weighted by Crippen LogP contribution is 2.48. The Morgan fingerprint density at radius 2 is 1.38 bits per heavy atom. The lowest BCUT2D eigenvalue weighted by Gasteiger charge is -2.40. The smallest absolute Gasteiger partial charge is 0.123 e. The van der Waals surface area contributed by atoms with Crippen LogP contribution in [0.15, 0.2) is 60.7 Å². The summed E-state index contributed by atoms with van der Waals surface area (Å²) in [6.07, 6.45) is 0. The molecular weight excluding hydrogens is 396 g/mol. The third-order valence-corrected chi connectivity index (χ3v) is 6.90. The normalized spacial score (nSPS) is 15.1. The van der Waals surface area contributed by atoms with Crippen LogP contribution in [-0.4, -0.2) is 33.2 Å². The molecule has 32 heavy (non-hydrogen) atoms. The van der Waals surface area contributed by atoms with E-state index in [0.717, 1.165) is 5.56 Å². The van der Waals surface area contributed by atoms with Crippen molar-refractivity contribution in [1.82, 2.24) is 0 Å². The first kappa shape index (κ1) is 22.2. The maximum atomic E-state index is 14.3. The summed E-state index contributed by atoms with van der Waals surface area (Å²) in [6.45, 7) is 8.77. The van der Waals surface area contributed by atoms with E-state index in [4.69, 9.17) is 0 Å². The molecule has 4 rings (SSSR count). The molecule has 0 aliphatic carbocycles. The van der Waals surface area contributed by atoms with E-state index in [2.05, 4.69) is 99.9 Å². The molecule has 0 amide bonds. The van der Waals surface area contributed by atoms with Gasteiger partial charge >= 0.3 is 0 Å². The molecule has 1 aliphatic heterocycles. The second-order valence-corrected chi connectivity index (χ2v) is 9.45. The van der Waals surface area contributed by atoms with E-state index in [1.54, 1.807) is 12.1 Å². The number of hydrogen-bond donors (Lipinski definition) is 0. The average Bonchev–Trinajstić information content (AvgIpc) is 2.77. The highest BCUT2D eigenvalue weighted by molar-refractivity contribution is 5.88. The van der Waals surface area contributed by atoms with Crippen molar-refractivity contribution in [2.75, 3.05) is 35.8 Å². The number of hydrogen-bond acceptors (Lipinski definition) is 3. The Hall–Kier alpha value is -3.01. The Labute approximate surface area is 192 Å². The second-order valence-electron chi connectivity index (χ2n) is 9.45. The van der Waals surface area contributed by atoms with Gasteiger partial charge in [-0.1, -0.05) is 24.3 Å². The van der Waals surface area contributed by atoms with Gasteiger partial charge < -0.3 is 14.7 Å². The largest absolute Gasteiger partial charge is 0.372 e. The maximum absolute atomic E-state index is 14.3. The third kappa shape index (κ3) is 3.83. The van der Waals surface area contributed by atoms with Gasteiger partial charge in [-0.2, -0.15) is 0 Å². The van der Waals surface area contributed by atoms with Crippen LogP contribution in [0.5, 0.6) is 0 Å². The highest BCUT2D eigenvalue weighted by Gasteiger charge is 2.31. The molecule has 0 bridgehead atoms. The van der Waals surface area contributed by atoms with E-state index in [1.165, 1.54) is 39.8 Å². The minimum atomic E-state index is -0.202. The van der Waals surface area contributed by atoms with E-state index >= 15 is 0 Å². The van der Waals surface area contributed by atoms with Crippen LogP contribution in [0.2, 0.25) is 0 Å². The molecule has 1 heterocycles. The van der Waals surface area contributed by atoms with Crippen LogP contribution in [0.4, 0.5) is 21.5 Å². The van der Waals surface area contributed by atoms with Crippen LogP contribution in [-0.2, 0) is 0 Å². The molecule has 3 nitrogen and oxygen atoms in total. The fourth-order valence-electron chi connectivity index (χ4n) is 4.52. The number of rotatable bonds is 5. The predicted molar refractivity (Wildman–Crippen MR) is 136 cm³/mol. The van der Waals surface area contributed by atoms with Gasteiger partial charge in [-0.05, 0) is 80.8 Å². The predicted octanol–water partition coefficient (Wildman–Crippen LogP) is 6.72. The summed E-state index contributed by atoms with van der Waals surface area (Å²) in [5, 5.41) is 0. The summed E-state index contributed by atoms with van der Waals surface area (Å²) in [6, 6.07) is 21.1. The fourth-order valence-corrected chi connectivity index (χ4v) is 4.52. The molecule has 0 radical (unpaired) electrons. The van der Waals surface area contributed by atoms with Crippen LogP contribution < -0.4 is 14.7 Å². The van der Waals surface area contributed by atoms with Crippen LogP contribution in [0.1, 0.15) is 44.9 Å². The molecule has 0 fully saturated rings. The van der Waals surface area contributed by atoms with Crippen molar-refractivity contribution < 1.29 is 4.39 Å². The van der Waals surface area contributed by atoms with Crippen molar-refractivity contribution in [2.24, 2.45) is 0 Å². The molecule has 0 N–H and O–H groups in total. The van der Waals surface area contributed by atoms with Crippen LogP contribution in [0.3, 0.4) is 0 Å². The first-order chi connectivity index (χ1) is 15.2. The van der Waals surface area contributed by atoms with Crippen molar-refractivity contribution in [1.29, 1.82) is 0 Å². The zero-order chi connectivity index (χ0) is 23.2. The molecule has 3 aromatic rings. The second kappa shape index (κ2) is 8.50. The minimum Gasteiger partial charge on any atom is -0.372 e. The van der Waals surface area contributed by atoms with E-state index in [-0.39, 0.29) is 11.9 Å². The van der Waals surface area contributed by atoms with Gasteiger partial charge in [-0.25, -0.2) is 4.39 Å². The SMILES string of the molecule is CC(C)N(C)c1ccc2c(c1)C(c1cccc([18F])c1)N(C)c1cc(N(C)C(C)C)ccc1-2. The zero-order valence-corrected chi connectivity index (χ0v) is 20.2. The van der Waals surface area contributed by atoms with Crippen molar-refractivity contribution in [3.63, 3.8) is 0 Å². The van der Waals surface area contributed by atoms with Crippen LogP contribution in [0, 0.1) is 5.82 Å². The Bertz CT molecular complexity index is 1120. The van der Waals surface area contributed by atoms with Gasteiger partial charge in [0.15, 0.2) is 0 Å². The van der Waals surface area contributed by atoms with E-state index in [1.807, 2.05) is 6.07 Å². The lowest BCUT2D eigenvalue weighted by Crippen LogP contribution is -2.31. The molecule has 0 spiro atoms. The van der Waals surface area contributed by atoms with Gasteiger partial charge in [-0.3, -0.25) is 0 Å². The molecule has 0 aromatic heterocycles. The molecule has 1 unspecified atom stereocenters.